The van der Waals surface area contributed by atoms with Crippen molar-refractivity contribution in [2.45, 2.75) is 63.5 Å². The second kappa shape index (κ2) is 9.18. The van der Waals surface area contributed by atoms with Crippen LogP contribution in [-0.2, 0) is 14.3 Å². The van der Waals surface area contributed by atoms with Gasteiger partial charge in [0.1, 0.15) is 0 Å². The summed E-state index contributed by atoms with van der Waals surface area (Å²) in [5, 5.41) is 2.71. The van der Waals surface area contributed by atoms with E-state index in [0.29, 0.717) is 37.3 Å². The summed E-state index contributed by atoms with van der Waals surface area (Å²) < 4.78 is 5.15. The van der Waals surface area contributed by atoms with Crippen molar-refractivity contribution in [1.82, 2.24) is 15.1 Å². The maximum Gasteiger partial charge on any atom is 0.225 e. The fraction of sp³-hybridized carbons (Fsp3) is 0.900. The molecule has 3 heterocycles. The lowest BCUT2D eigenvalue weighted by atomic mass is 9.69. The molecule has 0 radical (unpaired) electrons. The van der Waals surface area contributed by atoms with E-state index in [0.717, 1.165) is 19.4 Å². The summed E-state index contributed by atoms with van der Waals surface area (Å²) in [7, 11) is 3.34. The topological polar surface area (TPSA) is 61.9 Å². The van der Waals surface area contributed by atoms with Crippen molar-refractivity contribution in [3.63, 3.8) is 0 Å². The molecule has 0 unspecified atom stereocenters. The molecule has 6 heteroatoms. The van der Waals surface area contributed by atoms with Gasteiger partial charge in [0.15, 0.2) is 0 Å². The van der Waals surface area contributed by atoms with Crippen LogP contribution in [0.3, 0.4) is 0 Å². The summed E-state index contributed by atoms with van der Waals surface area (Å²) in [6, 6.07) is 0.931. The molecular formula is C20H35N3O3. The zero-order valence-electron chi connectivity index (χ0n) is 16.4. The zero-order valence-corrected chi connectivity index (χ0v) is 16.4. The number of carbonyl (C=O) groups is 2. The minimum Gasteiger partial charge on any atom is -0.384 e. The van der Waals surface area contributed by atoms with Crippen molar-refractivity contribution < 1.29 is 14.3 Å². The van der Waals surface area contributed by atoms with E-state index in [-0.39, 0.29) is 17.9 Å². The van der Waals surface area contributed by atoms with Crippen LogP contribution in [0.4, 0.5) is 0 Å². The van der Waals surface area contributed by atoms with Crippen molar-refractivity contribution in [1.29, 1.82) is 0 Å². The Bertz CT molecular complexity index is 497. The highest BCUT2D eigenvalue weighted by molar-refractivity contribution is 5.77. The van der Waals surface area contributed by atoms with E-state index in [4.69, 9.17) is 4.74 Å². The van der Waals surface area contributed by atoms with Gasteiger partial charge in [-0.3, -0.25) is 14.5 Å². The van der Waals surface area contributed by atoms with Crippen LogP contribution in [0, 0.1) is 11.8 Å². The first kappa shape index (κ1) is 19.6. The van der Waals surface area contributed by atoms with Crippen molar-refractivity contribution in [2.75, 3.05) is 40.4 Å². The van der Waals surface area contributed by atoms with Gasteiger partial charge in [-0.1, -0.05) is 0 Å². The molecule has 0 bridgehead atoms. The van der Waals surface area contributed by atoms with Crippen LogP contribution < -0.4 is 5.32 Å². The Morgan fingerprint density at radius 2 is 1.92 bits per heavy atom. The molecule has 148 valence electrons. The van der Waals surface area contributed by atoms with Gasteiger partial charge in [0.05, 0.1) is 13.0 Å². The van der Waals surface area contributed by atoms with Crippen LogP contribution >= 0.6 is 0 Å². The molecule has 3 aliphatic heterocycles. The highest BCUT2D eigenvalue weighted by atomic mass is 16.5. The van der Waals surface area contributed by atoms with E-state index in [2.05, 4.69) is 15.1 Å². The van der Waals surface area contributed by atoms with Gasteiger partial charge in [-0.05, 0) is 63.5 Å². The van der Waals surface area contributed by atoms with Crippen LogP contribution in [0.25, 0.3) is 0 Å². The van der Waals surface area contributed by atoms with Crippen molar-refractivity contribution in [2.24, 2.45) is 11.8 Å². The molecule has 0 saturated carbocycles. The molecule has 0 spiro atoms. The molecule has 0 aromatic carbocycles. The van der Waals surface area contributed by atoms with Crippen molar-refractivity contribution in [3.05, 3.63) is 0 Å². The molecule has 6 nitrogen and oxygen atoms in total. The molecule has 4 atom stereocenters. The van der Waals surface area contributed by atoms with Gasteiger partial charge in [0.25, 0.3) is 0 Å². The largest absolute Gasteiger partial charge is 0.384 e. The molecular weight excluding hydrogens is 330 g/mol. The third-order valence-corrected chi connectivity index (χ3v) is 6.70. The maximum atomic E-state index is 12.9. The first-order valence-electron chi connectivity index (χ1n) is 10.4. The van der Waals surface area contributed by atoms with Gasteiger partial charge in [-0.2, -0.15) is 0 Å². The zero-order chi connectivity index (χ0) is 18.5. The standard InChI is InChI=1S/C20H35N3O3/c1-21-18(24)9-3-8-17-16-7-5-12-22-11-4-6-15(20(16)22)14-23(17)19(25)10-13-26-2/h15-17,20H,3-14H2,1-2H3,(H,21,24)/t15-,16+,17+,20-/m0/s1. The van der Waals surface area contributed by atoms with Gasteiger partial charge in [-0.25, -0.2) is 0 Å². The number of ether oxygens (including phenoxy) is 1. The normalized spacial score (nSPS) is 31.4. The van der Waals surface area contributed by atoms with E-state index < -0.39 is 0 Å². The van der Waals surface area contributed by atoms with Gasteiger partial charge < -0.3 is 15.0 Å². The molecule has 3 saturated heterocycles. The Morgan fingerprint density at radius 1 is 1.15 bits per heavy atom. The van der Waals surface area contributed by atoms with Gasteiger partial charge in [0, 0.05) is 39.2 Å². The Morgan fingerprint density at radius 3 is 2.65 bits per heavy atom. The predicted octanol–water partition coefficient (Wildman–Crippen LogP) is 1.64. The number of likely N-dealkylation sites (tertiary alicyclic amines) is 1. The van der Waals surface area contributed by atoms with E-state index >= 15 is 0 Å². The number of hydrogen-bond acceptors (Lipinski definition) is 4. The summed E-state index contributed by atoms with van der Waals surface area (Å²) in [6.07, 6.45) is 7.77. The molecule has 0 aromatic heterocycles. The molecule has 1 N–H and O–H groups in total. The minimum absolute atomic E-state index is 0.0962. The number of hydrogen-bond donors (Lipinski definition) is 1. The second-order valence-corrected chi connectivity index (χ2v) is 8.16. The molecule has 3 rings (SSSR count). The Labute approximate surface area is 157 Å². The van der Waals surface area contributed by atoms with E-state index in [1.54, 1.807) is 14.2 Å². The lowest BCUT2D eigenvalue weighted by molar-refractivity contribution is -0.147. The molecule has 3 fully saturated rings. The van der Waals surface area contributed by atoms with Gasteiger partial charge in [-0.15, -0.1) is 0 Å². The fourth-order valence-electron chi connectivity index (χ4n) is 5.58. The number of nitrogens with zero attached hydrogens (tertiary/aromatic N) is 2. The Kier molecular flexibility index (Phi) is 6.92. The molecule has 26 heavy (non-hydrogen) atoms. The van der Waals surface area contributed by atoms with Crippen LogP contribution in [0.2, 0.25) is 0 Å². The van der Waals surface area contributed by atoms with Gasteiger partial charge in [0.2, 0.25) is 11.8 Å². The van der Waals surface area contributed by atoms with Gasteiger partial charge >= 0.3 is 0 Å². The number of carbonyl (C=O) groups excluding carboxylic acids is 2. The highest BCUT2D eigenvalue weighted by Crippen LogP contribution is 2.43. The molecule has 0 aliphatic carbocycles. The maximum absolute atomic E-state index is 12.9. The lowest BCUT2D eigenvalue weighted by Gasteiger charge is -2.57. The van der Waals surface area contributed by atoms with Crippen molar-refractivity contribution >= 4 is 11.8 Å². The van der Waals surface area contributed by atoms with E-state index in [1.165, 1.54) is 38.8 Å². The van der Waals surface area contributed by atoms with Crippen LogP contribution in [0.1, 0.15) is 51.4 Å². The molecule has 0 aromatic rings. The smallest absolute Gasteiger partial charge is 0.225 e. The first-order valence-corrected chi connectivity index (χ1v) is 10.4. The first-order chi connectivity index (χ1) is 12.7. The number of amides is 2. The fourth-order valence-corrected chi connectivity index (χ4v) is 5.58. The quantitative estimate of drug-likeness (QED) is 0.745. The summed E-state index contributed by atoms with van der Waals surface area (Å²) in [5.41, 5.74) is 0. The molecule has 2 amide bonds. The summed E-state index contributed by atoms with van der Waals surface area (Å²) in [4.78, 5) is 29.4. The third kappa shape index (κ3) is 4.22. The Hall–Kier alpha value is -1.14. The molecule has 3 aliphatic rings. The van der Waals surface area contributed by atoms with E-state index in [9.17, 15) is 9.59 Å². The summed E-state index contributed by atoms with van der Waals surface area (Å²) in [5.74, 6) is 1.52. The number of piperidine rings is 3. The predicted molar refractivity (Wildman–Crippen MR) is 101 cm³/mol. The minimum atomic E-state index is 0.0962. The van der Waals surface area contributed by atoms with E-state index in [1.807, 2.05) is 0 Å². The second-order valence-electron chi connectivity index (χ2n) is 8.16. The monoisotopic (exact) mass is 365 g/mol. The number of methoxy groups -OCH3 is 1. The average molecular weight is 366 g/mol. The number of rotatable bonds is 7. The Balaban J connectivity index is 1.74. The number of nitrogens with one attached hydrogen (secondary N) is 1. The van der Waals surface area contributed by atoms with Crippen LogP contribution in [-0.4, -0.2) is 74.1 Å². The highest BCUT2D eigenvalue weighted by Gasteiger charge is 2.49. The summed E-state index contributed by atoms with van der Waals surface area (Å²) >= 11 is 0. The van der Waals surface area contributed by atoms with Crippen molar-refractivity contribution in [3.8, 4) is 0 Å². The SMILES string of the molecule is CNC(=O)CCC[C@@H]1[C@H]2CCCN3CCC[C@@H](CN1C(=O)CCOC)[C@@H]23. The third-order valence-electron chi connectivity index (χ3n) is 6.70. The van der Waals surface area contributed by atoms with Crippen LogP contribution in [0.15, 0.2) is 0 Å². The van der Waals surface area contributed by atoms with Crippen LogP contribution in [0.5, 0.6) is 0 Å². The summed E-state index contributed by atoms with van der Waals surface area (Å²) in [6.45, 7) is 3.83. The lowest BCUT2D eigenvalue weighted by Crippen LogP contribution is -2.65. The average Bonchev–Trinajstić information content (AvgIpc) is 2.67.